The number of nitrogens with zero attached hydrogens (tertiary/aromatic N) is 1. The van der Waals surface area contributed by atoms with Gasteiger partial charge in [0.15, 0.2) is 0 Å². The van der Waals surface area contributed by atoms with Gasteiger partial charge in [0.25, 0.3) is 0 Å². The molecule has 25 heavy (non-hydrogen) atoms. The number of benzene rings is 2. The lowest BCUT2D eigenvalue weighted by Crippen LogP contribution is -1.97. The average molecular weight is 484 g/mol. The second-order valence-electron chi connectivity index (χ2n) is 5.30. The number of hydrogen-bond donors (Lipinski definition) is 0. The Bertz CT molecular complexity index is 966. The van der Waals surface area contributed by atoms with Gasteiger partial charge in [-0.15, -0.1) is 0 Å². The van der Waals surface area contributed by atoms with Crippen LogP contribution in [0.15, 0.2) is 63.8 Å². The van der Waals surface area contributed by atoms with E-state index in [9.17, 15) is 13.2 Å². The van der Waals surface area contributed by atoms with Crippen molar-refractivity contribution in [3.63, 3.8) is 0 Å². The first kappa shape index (κ1) is 18.4. The molecule has 128 valence electrons. The zero-order valence-corrected chi connectivity index (χ0v) is 16.7. The molecule has 0 amide bonds. The van der Waals surface area contributed by atoms with Crippen LogP contribution in [0.25, 0.3) is 22.3 Å². The van der Waals surface area contributed by atoms with E-state index < -0.39 is 16.9 Å². The maximum Gasteiger partial charge on any atom is 0.127 e. The van der Waals surface area contributed by atoms with E-state index in [2.05, 4.69) is 36.8 Å². The zero-order chi connectivity index (χ0) is 18.0. The number of hydrogen-bond acceptors (Lipinski definition) is 3. The van der Waals surface area contributed by atoms with E-state index in [0.29, 0.717) is 5.56 Å². The molecular formula is C18H11Br2FNO2S-. The quantitative estimate of drug-likeness (QED) is 0.463. The molecule has 1 atom stereocenters. The Morgan fingerprint density at radius 2 is 1.72 bits per heavy atom. The van der Waals surface area contributed by atoms with Crippen LogP contribution in [-0.4, -0.2) is 13.7 Å². The van der Waals surface area contributed by atoms with Crippen molar-refractivity contribution in [1.82, 2.24) is 4.98 Å². The van der Waals surface area contributed by atoms with E-state index in [-0.39, 0.29) is 11.3 Å². The van der Waals surface area contributed by atoms with E-state index in [1.165, 1.54) is 12.1 Å². The molecule has 0 N–H and O–H groups in total. The van der Waals surface area contributed by atoms with Crippen molar-refractivity contribution >= 4 is 42.9 Å². The summed E-state index contributed by atoms with van der Waals surface area (Å²) in [6.45, 7) is 0. The monoisotopic (exact) mass is 482 g/mol. The molecule has 0 aliphatic rings. The molecule has 0 aliphatic heterocycles. The van der Waals surface area contributed by atoms with Gasteiger partial charge >= 0.3 is 0 Å². The molecule has 7 heteroatoms. The van der Waals surface area contributed by atoms with Crippen LogP contribution in [0.1, 0.15) is 5.56 Å². The van der Waals surface area contributed by atoms with Gasteiger partial charge in [-0.05, 0) is 78.4 Å². The molecule has 1 heterocycles. The van der Waals surface area contributed by atoms with Crippen LogP contribution in [0.2, 0.25) is 0 Å². The lowest BCUT2D eigenvalue weighted by atomic mass is 9.96. The Hall–Kier alpha value is -1.41. The van der Waals surface area contributed by atoms with Crippen LogP contribution in [0.4, 0.5) is 4.39 Å². The highest BCUT2D eigenvalue weighted by Gasteiger charge is 2.11. The lowest BCUT2D eigenvalue weighted by molar-refractivity contribution is 0.533. The minimum Gasteiger partial charge on any atom is -0.772 e. The summed E-state index contributed by atoms with van der Waals surface area (Å²) in [6.07, 6.45) is 3.35. The van der Waals surface area contributed by atoms with E-state index in [1.807, 2.05) is 24.3 Å². The van der Waals surface area contributed by atoms with E-state index in [4.69, 9.17) is 0 Å². The van der Waals surface area contributed by atoms with Crippen molar-refractivity contribution in [3.05, 3.63) is 75.2 Å². The molecule has 3 rings (SSSR count). The molecule has 3 nitrogen and oxygen atoms in total. The molecule has 0 aliphatic carbocycles. The van der Waals surface area contributed by atoms with Gasteiger partial charge < -0.3 is 4.55 Å². The summed E-state index contributed by atoms with van der Waals surface area (Å²) in [7, 11) is 0. The van der Waals surface area contributed by atoms with E-state index >= 15 is 0 Å². The summed E-state index contributed by atoms with van der Waals surface area (Å²) >= 11 is 4.60. The highest BCUT2D eigenvalue weighted by atomic mass is 79.9. The zero-order valence-electron chi connectivity index (χ0n) is 12.7. The predicted molar refractivity (Wildman–Crippen MR) is 103 cm³/mol. The Balaban J connectivity index is 2.08. The van der Waals surface area contributed by atoms with Crippen LogP contribution in [0.3, 0.4) is 0 Å². The minimum atomic E-state index is -2.33. The first-order valence-corrected chi connectivity index (χ1v) is 10.0. The van der Waals surface area contributed by atoms with Crippen LogP contribution in [-0.2, 0) is 16.8 Å². The van der Waals surface area contributed by atoms with Gasteiger partial charge in [-0.1, -0.05) is 29.3 Å². The largest absolute Gasteiger partial charge is 0.772 e. The maximum absolute atomic E-state index is 14.2. The predicted octanol–water partition coefficient (Wildman–Crippen LogP) is 5.46. The van der Waals surface area contributed by atoms with Gasteiger partial charge in [0, 0.05) is 32.7 Å². The summed E-state index contributed by atoms with van der Waals surface area (Å²) in [5, 5.41) is 0. The van der Waals surface area contributed by atoms with E-state index in [1.54, 1.807) is 18.5 Å². The normalized spacial score (nSPS) is 12.2. The number of pyridine rings is 1. The van der Waals surface area contributed by atoms with Gasteiger partial charge in [-0.3, -0.25) is 9.19 Å². The van der Waals surface area contributed by atoms with Crippen molar-refractivity contribution in [2.24, 2.45) is 0 Å². The van der Waals surface area contributed by atoms with Gasteiger partial charge in [-0.25, -0.2) is 4.39 Å². The Morgan fingerprint density at radius 1 is 1.00 bits per heavy atom. The molecule has 0 radical (unpaired) electrons. The van der Waals surface area contributed by atoms with E-state index in [0.717, 1.165) is 25.6 Å². The van der Waals surface area contributed by atoms with Crippen LogP contribution in [0, 0.1) is 5.82 Å². The maximum atomic E-state index is 14.2. The fourth-order valence-corrected chi connectivity index (χ4v) is 3.61. The minimum absolute atomic E-state index is 0.147. The number of rotatable bonds is 4. The van der Waals surface area contributed by atoms with Crippen molar-refractivity contribution < 1.29 is 13.2 Å². The highest BCUT2D eigenvalue weighted by molar-refractivity contribution is 9.13. The standard InChI is InChI=1S/C18H12Br2FNO2S/c19-16-4-3-11(7-17(16)20)14-5-6-22-9-15(14)12-1-2-13(10-25(23)24)18(21)8-12/h1-9H,10H2,(H,23,24)/p-1. The number of halogens is 3. The number of aromatic nitrogens is 1. The second kappa shape index (κ2) is 7.86. The lowest BCUT2D eigenvalue weighted by Gasteiger charge is -2.12. The SMILES string of the molecule is O=S([O-])Cc1ccc(-c2cnccc2-c2ccc(Br)c(Br)c2)cc1F. The van der Waals surface area contributed by atoms with Gasteiger partial charge in [-0.2, -0.15) is 0 Å². The van der Waals surface area contributed by atoms with Crippen molar-refractivity contribution in [2.45, 2.75) is 5.75 Å². The molecular weight excluding hydrogens is 473 g/mol. The van der Waals surface area contributed by atoms with Crippen molar-refractivity contribution in [2.75, 3.05) is 0 Å². The summed E-state index contributed by atoms with van der Waals surface area (Å²) < 4.78 is 37.7. The summed E-state index contributed by atoms with van der Waals surface area (Å²) in [5.41, 5.74) is 3.42. The molecule has 0 bridgehead atoms. The van der Waals surface area contributed by atoms with Crippen molar-refractivity contribution in [3.8, 4) is 22.3 Å². The second-order valence-corrected chi connectivity index (χ2v) is 7.91. The molecule has 3 aromatic rings. The fraction of sp³-hybridized carbons (Fsp3) is 0.0556. The van der Waals surface area contributed by atoms with Gasteiger partial charge in [0.05, 0.1) is 0 Å². The molecule has 1 aromatic heterocycles. The molecule has 0 fully saturated rings. The molecule has 1 unspecified atom stereocenters. The average Bonchev–Trinajstić information content (AvgIpc) is 2.59. The third-order valence-corrected chi connectivity index (χ3v) is 6.12. The highest BCUT2D eigenvalue weighted by Crippen LogP contribution is 2.35. The first-order chi connectivity index (χ1) is 12.0. The Labute approximate surface area is 163 Å². The molecule has 0 spiro atoms. The Morgan fingerprint density at radius 3 is 2.40 bits per heavy atom. The molecule has 0 saturated heterocycles. The summed E-state index contributed by atoms with van der Waals surface area (Å²) in [4.78, 5) is 4.15. The van der Waals surface area contributed by atoms with Crippen LogP contribution < -0.4 is 0 Å². The van der Waals surface area contributed by atoms with Crippen LogP contribution >= 0.6 is 31.9 Å². The third-order valence-electron chi connectivity index (χ3n) is 3.69. The summed E-state index contributed by atoms with van der Waals surface area (Å²) in [5.74, 6) is -0.889. The molecule has 2 aromatic carbocycles. The first-order valence-electron chi connectivity index (χ1n) is 7.20. The summed E-state index contributed by atoms with van der Waals surface area (Å²) in [6, 6.07) is 12.3. The third kappa shape index (κ3) is 4.23. The van der Waals surface area contributed by atoms with Gasteiger partial charge in [0.2, 0.25) is 0 Å². The fourth-order valence-electron chi connectivity index (χ4n) is 2.50. The van der Waals surface area contributed by atoms with Crippen LogP contribution in [0.5, 0.6) is 0 Å². The topological polar surface area (TPSA) is 53.0 Å². The Kier molecular flexibility index (Phi) is 5.78. The van der Waals surface area contributed by atoms with Crippen molar-refractivity contribution in [1.29, 1.82) is 0 Å². The van der Waals surface area contributed by atoms with Gasteiger partial charge in [0.1, 0.15) is 5.82 Å². The molecule has 0 saturated carbocycles. The smallest absolute Gasteiger partial charge is 0.127 e.